The van der Waals surface area contributed by atoms with E-state index < -0.39 is 11.6 Å². The van der Waals surface area contributed by atoms with Crippen molar-refractivity contribution in [2.45, 2.75) is 19.3 Å². The third-order valence-electron chi connectivity index (χ3n) is 5.38. The van der Waals surface area contributed by atoms with Gasteiger partial charge >= 0.3 is 6.03 Å². The Balaban J connectivity index is 1.57. The van der Waals surface area contributed by atoms with Crippen molar-refractivity contribution in [1.29, 1.82) is 0 Å². The first kappa shape index (κ1) is 17.6. The molecular formula is C18H23F2N3O2. The Labute approximate surface area is 146 Å². The number of hydrogen-bond donors (Lipinski definition) is 1. The van der Waals surface area contributed by atoms with Crippen LogP contribution in [-0.4, -0.2) is 55.0 Å². The summed E-state index contributed by atoms with van der Waals surface area (Å²) >= 11 is 0. The van der Waals surface area contributed by atoms with Gasteiger partial charge in [0, 0.05) is 39.3 Å². The van der Waals surface area contributed by atoms with Crippen LogP contribution in [0.25, 0.3) is 0 Å². The van der Waals surface area contributed by atoms with Gasteiger partial charge in [-0.2, -0.15) is 0 Å². The van der Waals surface area contributed by atoms with Gasteiger partial charge in [0.2, 0.25) is 0 Å². The first-order valence-corrected chi connectivity index (χ1v) is 8.70. The maximum Gasteiger partial charge on any atom is 0.317 e. The lowest BCUT2D eigenvalue weighted by Gasteiger charge is -2.34. The number of rotatable bonds is 2. The lowest BCUT2D eigenvalue weighted by atomic mass is 9.84. The molecule has 1 unspecified atom stereocenters. The molecule has 2 aliphatic rings. The van der Waals surface area contributed by atoms with Crippen LogP contribution in [0.4, 0.5) is 13.6 Å². The molecule has 1 aromatic rings. The summed E-state index contributed by atoms with van der Waals surface area (Å²) in [7, 11) is 1.63. The Morgan fingerprint density at radius 2 is 1.68 bits per heavy atom. The monoisotopic (exact) mass is 351 g/mol. The second kappa shape index (κ2) is 7.37. The van der Waals surface area contributed by atoms with Gasteiger partial charge in [-0.05, 0) is 43.2 Å². The highest BCUT2D eigenvalue weighted by Crippen LogP contribution is 2.32. The van der Waals surface area contributed by atoms with Crippen LogP contribution >= 0.6 is 0 Å². The average molecular weight is 351 g/mol. The van der Waals surface area contributed by atoms with Crippen molar-refractivity contribution in [3.8, 4) is 0 Å². The van der Waals surface area contributed by atoms with E-state index in [0.717, 1.165) is 44.5 Å². The summed E-state index contributed by atoms with van der Waals surface area (Å²) in [5.74, 6) is -1.03. The maximum atomic E-state index is 13.8. The number of urea groups is 1. The summed E-state index contributed by atoms with van der Waals surface area (Å²) in [4.78, 5) is 27.6. The molecule has 0 aliphatic carbocycles. The second-order valence-electron chi connectivity index (χ2n) is 6.80. The van der Waals surface area contributed by atoms with E-state index in [0.29, 0.717) is 24.9 Å². The van der Waals surface area contributed by atoms with Crippen molar-refractivity contribution >= 4 is 11.9 Å². The van der Waals surface area contributed by atoms with Crippen LogP contribution in [0, 0.1) is 23.5 Å². The molecule has 5 nitrogen and oxygen atoms in total. The largest absolute Gasteiger partial charge is 0.341 e. The summed E-state index contributed by atoms with van der Waals surface area (Å²) in [6.07, 6.45) is 2.73. The molecule has 2 saturated heterocycles. The maximum absolute atomic E-state index is 13.8. The van der Waals surface area contributed by atoms with E-state index in [4.69, 9.17) is 0 Å². The Bertz CT molecular complexity index is 660. The van der Waals surface area contributed by atoms with Crippen molar-refractivity contribution in [2.75, 3.05) is 33.2 Å². The normalized spacial score (nSPS) is 21.5. The van der Waals surface area contributed by atoms with Crippen molar-refractivity contribution in [3.63, 3.8) is 0 Å². The number of hydrogen-bond acceptors (Lipinski definition) is 2. The van der Waals surface area contributed by atoms with Crippen molar-refractivity contribution in [2.24, 2.45) is 11.8 Å². The van der Waals surface area contributed by atoms with E-state index in [1.54, 1.807) is 11.9 Å². The molecule has 2 heterocycles. The number of piperidine rings is 1. The van der Waals surface area contributed by atoms with Crippen LogP contribution in [0.5, 0.6) is 0 Å². The number of nitrogens with zero attached hydrogens (tertiary/aromatic N) is 2. The van der Waals surface area contributed by atoms with Crippen LogP contribution in [-0.2, 0) is 0 Å². The molecule has 2 aliphatic heterocycles. The fourth-order valence-corrected chi connectivity index (χ4v) is 3.92. The number of likely N-dealkylation sites (tertiary alicyclic amines) is 2. The zero-order valence-electron chi connectivity index (χ0n) is 14.3. The van der Waals surface area contributed by atoms with Gasteiger partial charge < -0.3 is 15.1 Å². The summed E-state index contributed by atoms with van der Waals surface area (Å²) in [6.45, 7) is 2.64. The summed E-state index contributed by atoms with van der Waals surface area (Å²) < 4.78 is 26.8. The molecule has 0 bridgehead atoms. The average Bonchev–Trinajstić information content (AvgIpc) is 3.11. The third kappa shape index (κ3) is 3.75. The molecule has 1 atom stereocenters. The zero-order valence-corrected chi connectivity index (χ0v) is 14.3. The van der Waals surface area contributed by atoms with E-state index >= 15 is 0 Å². The molecular weight excluding hydrogens is 328 g/mol. The first-order chi connectivity index (χ1) is 12.0. The highest BCUT2D eigenvalue weighted by atomic mass is 19.1. The zero-order chi connectivity index (χ0) is 18.0. The first-order valence-electron chi connectivity index (χ1n) is 8.70. The SMILES string of the molecule is CNC(=O)N1CCC(C2CCN(C(=O)c3ccc(F)cc3F)C2)CC1. The molecule has 2 fully saturated rings. The molecule has 0 saturated carbocycles. The van der Waals surface area contributed by atoms with Gasteiger partial charge in [0.1, 0.15) is 11.6 Å². The van der Waals surface area contributed by atoms with Gasteiger partial charge in [-0.25, -0.2) is 13.6 Å². The number of benzene rings is 1. The summed E-state index contributed by atoms with van der Waals surface area (Å²) in [5, 5.41) is 2.64. The fraction of sp³-hybridized carbons (Fsp3) is 0.556. The van der Waals surface area contributed by atoms with Crippen molar-refractivity contribution < 1.29 is 18.4 Å². The minimum Gasteiger partial charge on any atom is -0.341 e. The summed E-state index contributed by atoms with van der Waals surface area (Å²) in [6, 6.07) is 3.02. The van der Waals surface area contributed by atoms with Crippen LogP contribution in [0.15, 0.2) is 18.2 Å². The number of halogens is 2. The van der Waals surface area contributed by atoms with Crippen molar-refractivity contribution in [1.82, 2.24) is 15.1 Å². The molecule has 136 valence electrons. The van der Waals surface area contributed by atoms with Gasteiger partial charge in [-0.3, -0.25) is 4.79 Å². The number of carbonyl (C=O) groups excluding carboxylic acids is 2. The molecule has 7 heteroatoms. The Hall–Kier alpha value is -2.18. The predicted octanol–water partition coefficient (Wildman–Crippen LogP) is 2.48. The van der Waals surface area contributed by atoms with Crippen LogP contribution in [0.3, 0.4) is 0 Å². The minimum absolute atomic E-state index is 0.0477. The quantitative estimate of drug-likeness (QED) is 0.890. The number of amides is 3. The van der Waals surface area contributed by atoms with Gasteiger partial charge in [0.05, 0.1) is 5.56 Å². The van der Waals surface area contributed by atoms with E-state index in [1.807, 2.05) is 4.90 Å². The van der Waals surface area contributed by atoms with E-state index in [1.165, 1.54) is 6.07 Å². The second-order valence-corrected chi connectivity index (χ2v) is 6.80. The van der Waals surface area contributed by atoms with E-state index in [2.05, 4.69) is 5.32 Å². The molecule has 0 spiro atoms. The van der Waals surface area contributed by atoms with Crippen LogP contribution in [0.2, 0.25) is 0 Å². The molecule has 1 aromatic carbocycles. The van der Waals surface area contributed by atoms with Crippen molar-refractivity contribution in [3.05, 3.63) is 35.4 Å². The van der Waals surface area contributed by atoms with Crippen LogP contribution in [0.1, 0.15) is 29.6 Å². The lowest BCUT2D eigenvalue weighted by Crippen LogP contribution is -2.44. The summed E-state index contributed by atoms with van der Waals surface area (Å²) in [5.41, 5.74) is -0.0727. The minimum atomic E-state index is -0.813. The topological polar surface area (TPSA) is 52.7 Å². The van der Waals surface area contributed by atoms with Crippen LogP contribution < -0.4 is 5.32 Å². The Morgan fingerprint density at radius 1 is 1.04 bits per heavy atom. The van der Waals surface area contributed by atoms with E-state index in [-0.39, 0.29) is 17.5 Å². The number of carbonyl (C=O) groups is 2. The lowest BCUT2D eigenvalue weighted by molar-refractivity contribution is 0.0772. The van der Waals surface area contributed by atoms with Gasteiger partial charge in [-0.15, -0.1) is 0 Å². The highest BCUT2D eigenvalue weighted by Gasteiger charge is 2.35. The molecule has 0 radical (unpaired) electrons. The predicted molar refractivity (Wildman–Crippen MR) is 89.1 cm³/mol. The highest BCUT2D eigenvalue weighted by molar-refractivity contribution is 5.94. The fourth-order valence-electron chi connectivity index (χ4n) is 3.92. The molecule has 3 rings (SSSR count). The molecule has 0 aromatic heterocycles. The Kier molecular flexibility index (Phi) is 5.20. The van der Waals surface area contributed by atoms with Gasteiger partial charge in [0.25, 0.3) is 5.91 Å². The van der Waals surface area contributed by atoms with Gasteiger partial charge in [0.15, 0.2) is 0 Å². The smallest absolute Gasteiger partial charge is 0.317 e. The third-order valence-corrected chi connectivity index (χ3v) is 5.38. The number of nitrogens with one attached hydrogen (secondary N) is 1. The molecule has 3 amide bonds. The standard InChI is InChI=1S/C18H23F2N3O2/c1-21-18(25)22-7-4-12(5-8-22)13-6-9-23(11-13)17(24)15-3-2-14(19)10-16(15)20/h2-3,10,12-13H,4-9,11H2,1H3,(H,21,25). The van der Waals surface area contributed by atoms with E-state index in [9.17, 15) is 18.4 Å². The van der Waals surface area contributed by atoms with Gasteiger partial charge in [-0.1, -0.05) is 0 Å². The molecule has 25 heavy (non-hydrogen) atoms. The molecule has 1 N–H and O–H groups in total. The Morgan fingerprint density at radius 3 is 2.32 bits per heavy atom.